The summed E-state index contributed by atoms with van der Waals surface area (Å²) in [5.74, 6) is 0.889. The quantitative estimate of drug-likeness (QED) is 0.332. The number of rotatable bonds is 8. The molecule has 0 aliphatic carbocycles. The van der Waals surface area contributed by atoms with Gasteiger partial charge < -0.3 is 10.6 Å². The Balaban J connectivity index is 0.00000484. The molecule has 2 N–H and O–H groups in total. The molecule has 0 saturated heterocycles. The SMILES string of the molecule is CCNC(=NCCc1ccc(Cl)s1)NC(C)CCS(C)(=O)=O.I. The minimum Gasteiger partial charge on any atom is -0.357 e. The van der Waals surface area contributed by atoms with Gasteiger partial charge in [-0.25, -0.2) is 8.42 Å². The number of thiophene rings is 1. The normalized spacial score (nSPS) is 13.3. The molecule has 0 aliphatic heterocycles. The number of nitrogens with zero attached hydrogens (tertiary/aromatic N) is 1. The van der Waals surface area contributed by atoms with E-state index in [1.165, 1.54) is 11.1 Å². The van der Waals surface area contributed by atoms with Gasteiger partial charge in [0.2, 0.25) is 0 Å². The van der Waals surface area contributed by atoms with Crippen molar-refractivity contribution in [3.8, 4) is 0 Å². The molecule has 1 heterocycles. The highest BCUT2D eigenvalue weighted by molar-refractivity contribution is 14.0. The Morgan fingerprint density at radius 3 is 2.65 bits per heavy atom. The third-order valence-electron chi connectivity index (χ3n) is 2.91. The summed E-state index contributed by atoms with van der Waals surface area (Å²) in [5.41, 5.74) is 0. The molecule has 0 fully saturated rings. The number of nitrogens with one attached hydrogen (secondary N) is 2. The highest BCUT2D eigenvalue weighted by Gasteiger charge is 2.09. The molecule has 0 amide bonds. The Hall–Kier alpha value is -0.0600. The van der Waals surface area contributed by atoms with Crippen LogP contribution in [0.3, 0.4) is 0 Å². The van der Waals surface area contributed by atoms with E-state index in [4.69, 9.17) is 11.6 Å². The number of guanidine groups is 1. The Labute approximate surface area is 165 Å². The van der Waals surface area contributed by atoms with Gasteiger partial charge in [0, 0.05) is 36.7 Å². The Morgan fingerprint density at radius 2 is 2.13 bits per heavy atom. The number of aliphatic imine (C=N–C) groups is 1. The zero-order chi connectivity index (χ0) is 16.6. The van der Waals surface area contributed by atoms with E-state index in [0.29, 0.717) is 18.9 Å². The van der Waals surface area contributed by atoms with Crippen LogP contribution >= 0.6 is 46.9 Å². The van der Waals surface area contributed by atoms with Gasteiger partial charge >= 0.3 is 0 Å². The fraction of sp³-hybridized carbons (Fsp3) is 0.643. The summed E-state index contributed by atoms with van der Waals surface area (Å²) in [6.07, 6.45) is 2.65. The first-order valence-electron chi connectivity index (χ1n) is 7.27. The van der Waals surface area contributed by atoms with Gasteiger partial charge in [-0.1, -0.05) is 11.6 Å². The molecular formula is C14H25ClIN3O2S2. The van der Waals surface area contributed by atoms with Crippen molar-refractivity contribution in [2.45, 2.75) is 32.7 Å². The van der Waals surface area contributed by atoms with Crippen LogP contribution in [0.15, 0.2) is 17.1 Å². The molecule has 1 aromatic rings. The van der Waals surface area contributed by atoms with Gasteiger partial charge in [-0.2, -0.15) is 0 Å². The van der Waals surface area contributed by atoms with Gasteiger partial charge in [0.25, 0.3) is 0 Å². The third-order valence-corrected chi connectivity index (χ3v) is 5.17. The lowest BCUT2D eigenvalue weighted by Gasteiger charge is -2.17. The Bertz CT molecular complexity index is 591. The van der Waals surface area contributed by atoms with E-state index in [1.807, 2.05) is 26.0 Å². The van der Waals surface area contributed by atoms with E-state index in [1.54, 1.807) is 11.3 Å². The smallest absolute Gasteiger partial charge is 0.191 e. The molecule has 0 aromatic carbocycles. The van der Waals surface area contributed by atoms with Crippen molar-refractivity contribution in [1.29, 1.82) is 0 Å². The van der Waals surface area contributed by atoms with Crippen molar-refractivity contribution >= 4 is 62.7 Å². The topological polar surface area (TPSA) is 70.6 Å². The molecule has 0 saturated carbocycles. The second-order valence-electron chi connectivity index (χ2n) is 5.18. The molecule has 1 unspecified atom stereocenters. The summed E-state index contributed by atoms with van der Waals surface area (Å²) in [6.45, 7) is 5.37. The van der Waals surface area contributed by atoms with Crippen LogP contribution in [0.25, 0.3) is 0 Å². The van der Waals surface area contributed by atoms with Crippen molar-refractivity contribution < 1.29 is 8.42 Å². The van der Waals surface area contributed by atoms with Gasteiger partial charge in [0.15, 0.2) is 5.96 Å². The highest BCUT2D eigenvalue weighted by Crippen LogP contribution is 2.21. The van der Waals surface area contributed by atoms with Crippen LogP contribution in [0.5, 0.6) is 0 Å². The van der Waals surface area contributed by atoms with E-state index in [2.05, 4.69) is 15.6 Å². The van der Waals surface area contributed by atoms with Crippen molar-refractivity contribution in [3.05, 3.63) is 21.3 Å². The standard InChI is InChI=1S/C14H24ClN3O2S2.HI/c1-4-16-14(18-11(2)8-10-22(3,19)20)17-9-7-12-5-6-13(15)21-12;/h5-6,11H,4,7-10H2,1-3H3,(H2,16,17,18);1H. The molecule has 0 spiro atoms. The fourth-order valence-corrected chi connectivity index (χ4v) is 3.64. The molecular weight excluding hydrogens is 469 g/mol. The molecule has 1 rings (SSSR count). The maximum Gasteiger partial charge on any atom is 0.191 e. The summed E-state index contributed by atoms with van der Waals surface area (Å²) in [5, 5.41) is 6.40. The van der Waals surface area contributed by atoms with E-state index in [9.17, 15) is 8.42 Å². The average Bonchev–Trinajstić information content (AvgIpc) is 2.81. The first kappa shape index (κ1) is 22.9. The molecule has 5 nitrogen and oxygen atoms in total. The molecule has 0 radical (unpaired) electrons. The van der Waals surface area contributed by atoms with Crippen LogP contribution in [-0.4, -0.2) is 45.5 Å². The lowest BCUT2D eigenvalue weighted by Crippen LogP contribution is -2.43. The number of halogens is 2. The summed E-state index contributed by atoms with van der Waals surface area (Å²) in [7, 11) is -2.93. The Kier molecular flexibility index (Phi) is 11.5. The molecule has 1 atom stereocenters. The lowest BCUT2D eigenvalue weighted by molar-refractivity contribution is 0.581. The van der Waals surface area contributed by atoms with Crippen molar-refractivity contribution in [3.63, 3.8) is 0 Å². The predicted molar refractivity (Wildman–Crippen MR) is 111 cm³/mol. The Morgan fingerprint density at radius 1 is 1.43 bits per heavy atom. The molecule has 134 valence electrons. The number of hydrogen-bond donors (Lipinski definition) is 2. The lowest BCUT2D eigenvalue weighted by atomic mass is 10.3. The van der Waals surface area contributed by atoms with Crippen LogP contribution in [-0.2, 0) is 16.3 Å². The van der Waals surface area contributed by atoms with Gasteiger partial charge in [0.05, 0.1) is 10.1 Å². The second kappa shape index (κ2) is 11.5. The second-order valence-corrected chi connectivity index (χ2v) is 9.24. The monoisotopic (exact) mass is 493 g/mol. The van der Waals surface area contributed by atoms with Crippen molar-refractivity contribution in [2.75, 3.05) is 25.1 Å². The van der Waals surface area contributed by atoms with Crippen LogP contribution in [0, 0.1) is 0 Å². The summed E-state index contributed by atoms with van der Waals surface area (Å²) < 4.78 is 23.2. The molecule has 1 aromatic heterocycles. The van der Waals surface area contributed by atoms with Gasteiger partial charge in [-0.15, -0.1) is 35.3 Å². The first-order valence-corrected chi connectivity index (χ1v) is 10.5. The van der Waals surface area contributed by atoms with E-state index >= 15 is 0 Å². The van der Waals surface area contributed by atoms with Crippen LogP contribution in [0.1, 0.15) is 25.1 Å². The zero-order valence-corrected chi connectivity index (χ0v) is 18.4. The number of sulfone groups is 1. The predicted octanol–water partition coefficient (Wildman–Crippen LogP) is 2.94. The van der Waals surface area contributed by atoms with Crippen LogP contribution < -0.4 is 10.6 Å². The highest BCUT2D eigenvalue weighted by atomic mass is 127. The summed E-state index contributed by atoms with van der Waals surface area (Å²) in [4.78, 5) is 5.71. The van der Waals surface area contributed by atoms with Crippen LogP contribution in [0.4, 0.5) is 0 Å². The minimum absolute atomic E-state index is 0. The molecule has 23 heavy (non-hydrogen) atoms. The van der Waals surface area contributed by atoms with Gasteiger partial charge in [-0.3, -0.25) is 4.99 Å². The molecule has 9 heteroatoms. The van der Waals surface area contributed by atoms with E-state index in [-0.39, 0.29) is 35.8 Å². The first-order chi connectivity index (χ1) is 10.3. The fourth-order valence-electron chi connectivity index (χ4n) is 1.78. The number of hydrogen-bond acceptors (Lipinski definition) is 4. The average molecular weight is 494 g/mol. The maximum atomic E-state index is 11.2. The minimum atomic E-state index is -2.93. The maximum absolute atomic E-state index is 11.2. The zero-order valence-electron chi connectivity index (χ0n) is 13.6. The molecule has 0 aliphatic rings. The van der Waals surface area contributed by atoms with Gasteiger partial charge in [0.1, 0.15) is 9.84 Å². The largest absolute Gasteiger partial charge is 0.357 e. The molecule has 0 bridgehead atoms. The summed E-state index contributed by atoms with van der Waals surface area (Å²) >= 11 is 7.47. The summed E-state index contributed by atoms with van der Waals surface area (Å²) in [6, 6.07) is 3.95. The van der Waals surface area contributed by atoms with Gasteiger partial charge in [-0.05, 0) is 32.4 Å². The van der Waals surface area contributed by atoms with E-state index in [0.717, 1.165) is 17.3 Å². The third kappa shape index (κ3) is 11.2. The van der Waals surface area contributed by atoms with Crippen molar-refractivity contribution in [2.24, 2.45) is 4.99 Å². The van der Waals surface area contributed by atoms with E-state index < -0.39 is 9.84 Å². The van der Waals surface area contributed by atoms with Crippen LogP contribution in [0.2, 0.25) is 4.34 Å². The van der Waals surface area contributed by atoms with Crippen molar-refractivity contribution in [1.82, 2.24) is 10.6 Å².